The smallest absolute Gasteiger partial charge is 0.294 e. The molecule has 1 aliphatic carbocycles. The first-order valence-electron chi connectivity index (χ1n) is 5.94. The molecule has 19 heavy (non-hydrogen) atoms. The molecule has 7 heteroatoms. The van der Waals surface area contributed by atoms with Crippen LogP contribution < -0.4 is 11.1 Å². The van der Waals surface area contributed by atoms with E-state index in [2.05, 4.69) is 5.32 Å². The van der Waals surface area contributed by atoms with E-state index in [1.165, 1.54) is 18.2 Å². The van der Waals surface area contributed by atoms with Crippen LogP contribution in [0.25, 0.3) is 0 Å². The Morgan fingerprint density at radius 1 is 1.53 bits per heavy atom. The monoisotopic (exact) mass is 283 g/mol. The predicted molar refractivity (Wildman–Crippen MR) is 72.1 cm³/mol. The van der Waals surface area contributed by atoms with Crippen LogP contribution in [0.5, 0.6) is 0 Å². The summed E-state index contributed by atoms with van der Waals surface area (Å²) in [5, 5.41) is 13.8. The summed E-state index contributed by atoms with van der Waals surface area (Å²) < 4.78 is 0. The Morgan fingerprint density at radius 2 is 2.21 bits per heavy atom. The van der Waals surface area contributed by atoms with Crippen LogP contribution in [0.4, 0.5) is 11.4 Å². The van der Waals surface area contributed by atoms with Crippen LogP contribution in [0.15, 0.2) is 18.2 Å². The molecule has 0 bridgehead atoms. The molecule has 0 spiro atoms. The number of nitro benzene ring substituents is 1. The zero-order chi connectivity index (χ0) is 14.0. The molecule has 0 atom stereocenters. The first-order valence-corrected chi connectivity index (χ1v) is 6.32. The summed E-state index contributed by atoms with van der Waals surface area (Å²) in [4.78, 5) is 22.5. The minimum Gasteiger partial charge on any atom is -0.329 e. The summed E-state index contributed by atoms with van der Waals surface area (Å²) in [7, 11) is 0. The molecule has 102 valence electrons. The van der Waals surface area contributed by atoms with Crippen molar-refractivity contribution in [1.29, 1.82) is 0 Å². The fraction of sp³-hybridized carbons (Fsp3) is 0.417. The van der Waals surface area contributed by atoms with E-state index in [-0.39, 0.29) is 28.8 Å². The average molecular weight is 284 g/mol. The lowest BCUT2D eigenvalue weighted by Crippen LogP contribution is -2.47. The number of nitrogens with zero attached hydrogens (tertiary/aromatic N) is 1. The van der Waals surface area contributed by atoms with Gasteiger partial charge in [0, 0.05) is 17.6 Å². The van der Waals surface area contributed by atoms with Crippen molar-refractivity contribution in [2.75, 3.05) is 11.9 Å². The number of anilines is 1. The third-order valence-electron chi connectivity index (χ3n) is 3.59. The maximum Gasteiger partial charge on any atom is 0.294 e. The zero-order valence-electron chi connectivity index (χ0n) is 10.2. The third-order valence-corrected chi connectivity index (χ3v) is 3.82. The topological polar surface area (TPSA) is 98.3 Å². The lowest BCUT2D eigenvalue weighted by Gasteiger charge is -2.38. The van der Waals surface area contributed by atoms with Gasteiger partial charge in [0.25, 0.3) is 5.69 Å². The Hall–Kier alpha value is -1.66. The second-order valence-electron chi connectivity index (χ2n) is 4.71. The number of amides is 1. The van der Waals surface area contributed by atoms with E-state index in [4.69, 9.17) is 17.3 Å². The van der Waals surface area contributed by atoms with E-state index < -0.39 is 10.3 Å². The van der Waals surface area contributed by atoms with Crippen LogP contribution in [0.3, 0.4) is 0 Å². The number of nitrogens with one attached hydrogen (secondary N) is 1. The molecule has 0 aliphatic heterocycles. The van der Waals surface area contributed by atoms with Crippen LogP contribution in [0.2, 0.25) is 5.02 Å². The van der Waals surface area contributed by atoms with E-state index >= 15 is 0 Å². The van der Waals surface area contributed by atoms with Crippen LogP contribution in [-0.4, -0.2) is 17.4 Å². The van der Waals surface area contributed by atoms with Gasteiger partial charge in [-0.05, 0) is 25.0 Å². The molecule has 1 fully saturated rings. The van der Waals surface area contributed by atoms with Crippen LogP contribution in [-0.2, 0) is 4.79 Å². The Labute approximate surface area is 115 Å². The Balaban J connectivity index is 2.24. The standard InChI is InChI=1S/C12H14ClN3O3/c13-8-2-3-9(10(6-8)16(18)19)15-11(17)12(7-14)4-1-5-12/h2-3,6H,1,4-5,7,14H2,(H,15,17). The van der Waals surface area contributed by atoms with Gasteiger partial charge < -0.3 is 11.1 Å². The molecular weight excluding hydrogens is 270 g/mol. The number of halogens is 1. The fourth-order valence-electron chi connectivity index (χ4n) is 2.14. The molecule has 2 rings (SSSR count). The SMILES string of the molecule is NCC1(C(=O)Nc2ccc(Cl)cc2[N+](=O)[O-])CCC1. The molecular formula is C12H14ClN3O3. The first-order chi connectivity index (χ1) is 8.98. The number of nitrogens with two attached hydrogens (primary N) is 1. The van der Waals surface area contributed by atoms with Gasteiger partial charge in [0.05, 0.1) is 10.3 Å². The van der Waals surface area contributed by atoms with Crippen molar-refractivity contribution < 1.29 is 9.72 Å². The van der Waals surface area contributed by atoms with E-state index in [0.29, 0.717) is 0 Å². The van der Waals surface area contributed by atoms with E-state index in [1.54, 1.807) is 0 Å². The molecule has 3 N–H and O–H groups in total. The lowest BCUT2D eigenvalue weighted by atomic mass is 9.68. The molecule has 0 unspecified atom stereocenters. The maximum absolute atomic E-state index is 12.2. The number of carbonyl (C=O) groups is 1. The van der Waals surface area contributed by atoms with Crippen molar-refractivity contribution in [1.82, 2.24) is 0 Å². The van der Waals surface area contributed by atoms with Gasteiger partial charge in [-0.15, -0.1) is 0 Å². The quantitative estimate of drug-likeness (QED) is 0.654. The van der Waals surface area contributed by atoms with E-state index in [9.17, 15) is 14.9 Å². The number of rotatable bonds is 4. The zero-order valence-corrected chi connectivity index (χ0v) is 10.9. The van der Waals surface area contributed by atoms with Crippen molar-refractivity contribution >= 4 is 28.9 Å². The Kier molecular flexibility index (Phi) is 3.73. The molecule has 1 aliphatic rings. The molecule has 0 aromatic heterocycles. The largest absolute Gasteiger partial charge is 0.329 e. The average Bonchev–Trinajstić information content (AvgIpc) is 2.30. The molecule has 0 heterocycles. The summed E-state index contributed by atoms with van der Waals surface area (Å²) >= 11 is 5.72. The van der Waals surface area contributed by atoms with Crippen molar-refractivity contribution in [2.24, 2.45) is 11.1 Å². The minimum absolute atomic E-state index is 0.152. The highest BCUT2D eigenvalue weighted by atomic mass is 35.5. The van der Waals surface area contributed by atoms with Gasteiger partial charge in [-0.25, -0.2) is 0 Å². The number of hydrogen-bond donors (Lipinski definition) is 2. The van der Waals surface area contributed by atoms with E-state index in [1.807, 2.05) is 0 Å². The fourth-order valence-corrected chi connectivity index (χ4v) is 2.31. The summed E-state index contributed by atoms with van der Waals surface area (Å²) in [6.07, 6.45) is 2.39. The van der Waals surface area contributed by atoms with Gasteiger partial charge in [0.15, 0.2) is 0 Å². The lowest BCUT2D eigenvalue weighted by molar-refractivity contribution is -0.383. The highest BCUT2D eigenvalue weighted by Gasteiger charge is 2.43. The van der Waals surface area contributed by atoms with Crippen LogP contribution in [0, 0.1) is 15.5 Å². The summed E-state index contributed by atoms with van der Waals surface area (Å²) in [5.41, 5.74) is 4.99. The van der Waals surface area contributed by atoms with Gasteiger partial charge in [0.2, 0.25) is 5.91 Å². The predicted octanol–water partition coefficient (Wildman–Crippen LogP) is 2.32. The molecule has 1 aromatic rings. The Morgan fingerprint density at radius 3 is 2.68 bits per heavy atom. The van der Waals surface area contributed by atoms with Crippen molar-refractivity contribution in [3.63, 3.8) is 0 Å². The van der Waals surface area contributed by atoms with Crippen LogP contribution >= 0.6 is 11.6 Å². The summed E-state index contributed by atoms with van der Waals surface area (Å²) in [6.45, 7) is 0.250. The van der Waals surface area contributed by atoms with Crippen molar-refractivity contribution in [3.8, 4) is 0 Å². The number of benzene rings is 1. The number of hydrogen-bond acceptors (Lipinski definition) is 4. The molecule has 0 radical (unpaired) electrons. The van der Waals surface area contributed by atoms with Gasteiger partial charge in [-0.2, -0.15) is 0 Å². The highest BCUT2D eigenvalue weighted by Crippen LogP contribution is 2.41. The van der Waals surface area contributed by atoms with Crippen molar-refractivity contribution in [3.05, 3.63) is 33.3 Å². The summed E-state index contributed by atoms with van der Waals surface area (Å²) in [5.74, 6) is -0.258. The molecule has 0 saturated heterocycles. The van der Waals surface area contributed by atoms with Gasteiger partial charge in [0.1, 0.15) is 5.69 Å². The number of carbonyl (C=O) groups excluding carboxylic acids is 1. The van der Waals surface area contributed by atoms with E-state index in [0.717, 1.165) is 19.3 Å². The third kappa shape index (κ3) is 2.54. The molecule has 1 saturated carbocycles. The molecule has 1 aromatic carbocycles. The van der Waals surface area contributed by atoms with Gasteiger partial charge >= 0.3 is 0 Å². The Bertz CT molecular complexity index is 523. The summed E-state index contributed by atoms with van der Waals surface area (Å²) in [6, 6.07) is 4.15. The second-order valence-corrected chi connectivity index (χ2v) is 5.15. The van der Waals surface area contributed by atoms with Crippen LogP contribution in [0.1, 0.15) is 19.3 Å². The van der Waals surface area contributed by atoms with Gasteiger partial charge in [-0.3, -0.25) is 14.9 Å². The maximum atomic E-state index is 12.2. The van der Waals surface area contributed by atoms with Crippen molar-refractivity contribution in [2.45, 2.75) is 19.3 Å². The second kappa shape index (κ2) is 5.14. The number of nitro groups is 1. The highest BCUT2D eigenvalue weighted by molar-refractivity contribution is 6.31. The molecule has 1 amide bonds. The first kappa shape index (κ1) is 13.8. The molecule has 6 nitrogen and oxygen atoms in total. The normalized spacial score (nSPS) is 16.5. The minimum atomic E-state index is -0.576. The van der Waals surface area contributed by atoms with Gasteiger partial charge in [-0.1, -0.05) is 18.0 Å².